The third-order valence-electron chi connectivity index (χ3n) is 4.58. The molecule has 3 aromatic rings. The first-order valence-corrected chi connectivity index (χ1v) is 9.46. The van der Waals surface area contributed by atoms with Crippen LogP contribution >= 0.6 is 0 Å². The van der Waals surface area contributed by atoms with Gasteiger partial charge in [-0.05, 0) is 42.4 Å². The van der Waals surface area contributed by atoms with Gasteiger partial charge in [-0.3, -0.25) is 4.90 Å². The highest BCUT2D eigenvalue weighted by atomic mass is 16.5. The Morgan fingerprint density at radius 2 is 1.93 bits per heavy atom. The molecule has 0 amide bonds. The lowest BCUT2D eigenvalue weighted by Gasteiger charge is -2.15. The second kappa shape index (κ2) is 8.78. The van der Waals surface area contributed by atoms with Gasteiger partial charge in [-0.25, -0.2) is 9.97 Å². The quantitative estimate of drug-likeness (QED) is 0.581. The SMILES string of the molecule is CN1C/C=C/COCc2cccc(c2)Nc2nccc(n2)-c2cccc(c2)C1.[HH]. The molecule has 1 N–H and O–H groups in total. The van der Waals surface area contributed by atoms with Gasteiger partial charge in [0.05, 0.1) is 18.9 Å². The highest BCUT2D eigenvalue weighted by molar-refractivity contribution is 5.63. The number of rotatable bonds is 0. The summed E-state index contributed by atoms with van der Waals surface area (Å²) in [5.41, 5.74) is 5.31. The van der Waals surface area contributed by atoms with Crippen LogP contribution in [0.5, 0.6) is 0 Å². The number of anilines is 2. The molecule has 0 atom stereocenters. The standard InChI is InChI=1S/C23H24N4O.H2/c1-27-12-2-3-13-28-17-19-7-5-9-21(15-19)25-23-24-11-10-22(26-23)20-8-4-6-18(14-20)16-27;/h2-11,14-15H,12-13,16-17H2,1H3,(H,24,25,26);1H/b3-2+;. The summed E-state index contributed by atoms with van der Waals surface area (Å²) in [6.45, 7) is 2.93. The van der Waals surface area contributed by atoms with E-state index in [0.717, 1.165) is 35.6 Å². The third kappa shape index (κ3) is 4.82. The van der Waals surface area contributed by atoms with E-state index in [1.807, 2.05) is 18.2 Å². The summed E-state index contributed by atoms with van der Waals surface area (Å²) in [5.74, 6) is 0.585. The molecule has 0 saturated heterocycles. The van der Waals surface area contributed by atoms with Gasteiger partial charge < -0.3 is 10.1 Å². The van der Waals surface area contributed by atoms with E-state index in [2.05, 4.69) is 70.8 Å². The van der Waals surface area contributed by atoms with E-state index in [9.17, 15) is 0 Å². The van der Waals surface area contributed by atoms with Crippen molar-refractivity contribution in [2.24, 2.45) is 0 Å². The van der Waals surface area contributed by atoms with Gasteiger partial charge in [0, 0.05) is 32.0 Å². The van der Waals surface area contributed by atoms with Crippen molar-refractivity contribution >= 4 is 11.6 Å². The molecule has 144 valence electrons. The second-order valence-electron chi connectivity index (χ2n) is 6.97. The van der Waals surface area contributed by atoms with Crippen molar-refractivity contribution < 1.29 is 6.16 Å². The van der Waals surface area contributed by atoms with Crippen molar-refractivity contribution in [2.45, 2.75) is 13.2 Å². The van der Waals surface area contributed by atoms with Crippen LogP contribution in [0.4, 0.5) is 11.6 Å². The summed E-state index contributed by atoms with van der Waals surface area (Å²) in [4.78, 5) is 11.4. The van der Waals surface area contributed by atoms with Gasteiger partial charge in [-0.1, -0.05) is 42.5 Å². The molecule has 4 rings (SSSR count). The molecule has 1 aliphatic rings. The normalized spacial score (nSPS) is 16.5. The van der Waals surface area contributed by atoms with Gasteiger partial charge in [0.2, 0.25) is 5.95 Å². The molecule has 0 spiro atoms. The topological polar surface area (TPSA) is 50.3 Å². The van der Waals surface area contributed by atoms with Crippen LogP contribution in [0.2, 0.25) is 0 Å². The maximum atomic E-state index is 5.77. The monoisotopic (exact) mass is 374 g/mol. The average Bonchev–Trinajstić information content (AvgIpc) is 2.71. The highest BCUT2D eigenvalue weighted by Crippen LogP contribution is 2.22. The Balaban J connectivity index is 0.00000240. The van der Waals surface area contributed by atoms with Gasteiger partial charge in [-0.2, -0.15) is 0 Å². The third-order valence-corrected chi connectivity index (χ3v) is 4.58. The fourth-order valence-corrected chi connectivity index (χ4v) is 3.22. The van der Waals surface area contributed by atoms with Crippen LogP contribution < -0.4 is 5.32 Å². The minimum Gasteiger partial charge on any atom is -0.373 e. The molecule has 28 heavy (non-hydrogen) atoms. The van der Waals surface area contributed by atoms with E-state index in [-0.39, 0.29) is 1.43 Å². The zero-order valence-electron chi connectivity index (χ0n) is 16.0. The van der Waals surface area contributed by atoms with Crippen LogP contribution in [0.3, 0.4) is 0 Å². The molecular formula is C23H26N4O. The molecule has 5 nitrogen and oxygen atoms in total. The fraction of sp³-hybridized carbons (Fsp3) is 0.217. The number of aromatic nitrogens is 2. The Kier molecular flexibility index (Phi) is 5.75. The van der Waals surface area contributed by atoms with E-state index in [1.165, 1.54) is 5.56 Å². The molecule has 2 heterocycles. The average molecular weight is 374 g/mol. The van der Waals surface area contributed by atoms with Gasteiger partial charge in [0.1, 0.15) is 0 Å². The smallest absolute Gasteiger partial charge is 0.227 e. The van der Waals surface area contributed by atoms with E-state index in [0.29, 0.717) is 19.2 Å². The fourth-order valence-electron chi connectivity index (χ4n) is 3.22. The van der Waals surface area contributed by atoms with Gasteiger partial charge >= 0.3 is 0 Å². The molecule has 1 aliphatic heterocycles. The van der Waals surface area contributed by atoms with Crippen LogP contribution in [0.1, 0.15) is 12.6 Å². The van der Waals surface area contributed by atoms with Crippen molar-refractivity contribution in [3.8, 4) is 11.3 Å². The molecule has 6 bridgehead atoms. The highest BCUT2D eigenvalue weighted by Gasteiger charge is 2.06. The van der Waals surface area contributed by atoms with Crippen LogP contribution in [0.25, 0.3) is 11.3 Å². The predicted octanol–water partition coefficient (Wildman–Crippen LogP) is 4.65. The van der Waals surface area contributed by atoms with Crippen LogP contribution in [-0.4, -0.2) is 35.1 Å². The summed E-state index contributed by atoms with van der Waals surface area (Å²) in [5, 5.41) is 3.30. The summed E-state index contributed by atoms with van der Waals surface area (Å²) in [6.07, 6.45) is 6.03. The Hall–Kier alpha value is -3.02. The minimum atomic E-state index is 0. The largest absolute Gasteiger partial charge is 0.373 e. The zero-order valence-corrected chi connectivity index (χ0v) is 16.0. The van der Waals surface area contributed by atoms with Crippen LogP contribution in [0, 0.1) is 0 Å². The number of likely N-dealkylation sites (N-methyl/N-ethyl adjacent to an activating group) is 1. The summed E-state index contributed by atoms with van der Waals surface area (Å²) < 4.78 is 5.77. The predicted molar refractivity (Wildman–Crippen MR) is 114 cm³/mol. The van der Waals surface area contributed by atoms with Crippen molar-refractivity contribution in [3.63, 3.8) is 0 Å². The van der Waals surface area contributed by atoms with Gasteiger partial charge in [0.25, 0.3) is 0 Å². The summed E-state index contributed by atoms with van der Waals surface area (Å²) >= 11 is 0. The maximum absolute atomic E-state index is 5.77. The van der Waals surface area contributed by atoms with Gasteiger partial charge in [-0.15, -0.1) is 0 Å². The van der Waals surface area contributed by atoms with E-state index in [4.69, 9.17) is 9.72 Å². The van der Waals surface area contributed by atoms with Crippen molar-refractivity contribution in [1.29, 1.82) is 0 Å². The van der Waals surface area contributed by atoms with E-state index in [1.54, 1.807) is 6.20 Å². The summed E-state index contributed by atoms with van der Waals surface area (Å²) in [6, 6.07) is 18.6. The lowest BCUT2D eigenvalue weighted by molar-refractivity contribution is 0.148. The van der Waals surface area contributed by atoms with Crippen molar-refractivity contribution in [1.82, 2.24) is 14.9 Å². The van der Waals surface area contributed by atoms with Crippen LogP contribution in [-0.2, 0) is 17.9 Å². The molecule has 0 saturated carbocycles. The molecule has 5 heteroatoms. The van der Waals surface area contributed by atoms with E-state index < -0.39 is 0 Å². The lowest BCUT2D eigenvalue weighted by atomic mass is 10.1. The first-order valence-electron chi connectivity index (χ1n) is 9.46. The van der Waals surface area contributed by atoms with Crippen molar-refractivity contribution in [3.05, 3.63) is 84.1 Å². The minimum absolute atomic E-state index is 0. The number of benzene rings is 2. The van der Waals surface area contributed by atoms with Crippen molar-refractivity contribution in [2.75, 3.05) is 25.5 Å². The maximum Gasteiger partial charge on any atom is 0.227 e. The Morgan fingerprint density at radius 1 is 1.04 bits per heavy atom. The number of hydrogen-bond donors (Lipinski definition) is 1. The molecule has 0 aliphatic carbocycles. The van der Waals surface area contributed by atoms with Gasteiger partial charge in [0.15, 0.2) is 0 Å². The summed E-state index contributed by atoms with van der Waals surface area (Å²) in [7, 11) is 2.12. The molecule has 0 unspecified atom stereocenters. The number of hydrogen-bond acceptors (Lipinski definition) is 5. The zero-order chi connectivity index (χ0) is 19.2. The lowest BCUT2D eigenvalue weighted by Crippen LogP contribution is -2.17. The number of fused-ring (bicyclic) bond motifs is 7. The second-order valence-corrected chi connectivity index (χ2v) is 6.97. The van der Waals surface area contributed by atoms with Crippen LogP contribution in [0.15, 0.2) is 72.9 Å². The Bertz CT molecular complexity index is 976. The molecule has 2 aromatic carbocycles. The molecule has 0 fully saturated rings. The Morgan fingerprint density at radius 3 is 2.89 bits per heavy atom. The number of nitrogens with one attached hydrogen (secondary N) is 1. The Labute approximate surface area is 167 Å². The number of ether oxygens (including phenoxy) is 1. The molecular weight excluding hydrogens is 348 g/mol. The first kappa shape index (κ1) is 18.3. The van der Waals surface area contributed by atoms with E-state index >= 15 is 0 Å². The molecule has 1 aromatic heterocycles. The molecule has 0 radical (unpaired) electrons. The number of nitrogens with zero attached hydrogens (tertiary/aromatic N) is 3. The first-order chi connectivity index (χ1) is 13.8.